The van der Waals surface area contributed by atoms with Crippen molar-refractivity contribution in [2.75, 3.05) is 38.2 Å². The van der Waals surface area contributed by atoms with Gasteiger partial charge in [-0.05, 0) is 29.6 Å². The first kappa shape index (κ1) is 22.2. The smallest absolute Gasteiger partial charge is 0.312 e. The second kappa shape index (κ2) is 11.0. The van der Waals surface area contributed by atoms with E-state index >= 15 is 0 Å². The van der Waals surface area contributed by atoms with Gasteiger partial charge in [0.15, 0.2) is 0 Å². The molecule has 0 unspecified atom stereocenters. The number of carbonyl (C=O) groups is 2. The lowest BCUT2D eigenvalue weighted by atomic mass is 9.96. The molecule has 3 rings (SSSR count). The molecule has 160 valence electrons. The molecule has 0 aromatic heterocycles. The number of hydrogen-bond donors (Lipinski definition) is 2. The van der Waals surface area contributed by atoms with Crippen molar-refractivity contribution in [3.05, 3.63) is 71.8 Å². The van der Waals surface area contributed by atoms with Crippen LogP contribution in [0.1, 0.15) is 23.6 Å². The van der Waals surface area contributed by atoms with Crippen molar-refractivity contribution >= 4 is 23.7 Å². The van der Waals surface area contributed by atoms with Gasteiger partial charge < -0.3 is 16.0 Å². The molecule has 0 saturated carbocycles. The minimum atomic E-state index is -0.652. The van der Waals surface area contributed by atoms with Crippen LogP contribution in [0.25, 0.3) is 0 Å². The van der Waals surface area contributed by atoms with Crippen LogP contribution in [-0.4, -0.2) is 66.0 Å². The molecule has 0 bridgehead atoms. The van der Waals surface area contributed by atoms with Crippen molar-refractivity contribution in [2.24, 2.45) is 5.73 Å². The average molecular weight is 427 g/mol. The van der Waals surface area contributed by atoms with Crippen LogP contribution in [-0.2, 0) is 4.79 Å². The molecule has 1 aliphatic heterocycles. The largest absolute Gasteiger partial charge is 0.352 e. The molecule has 0 spiro atoms. The monoisotopic (exact) mass is 426 g/mol. The standard InChI is InChI=1S/C23H30N4O2S/c1-30-17-12-20(25-23(24)29)22(28)27-15-13-26(14-16-27)21(18-8-4-2-5-9-18)19-10-6-3-7-11-19/h2-11,20-21H,12-17H2,1H3,(H3,24,25,29)/t20-/m0/s1. The number of primary amides is 1. The maximum atomic E-state index is 13.0. The van der Waals surface area contributed by atoms with Crippen LogP contribution in [0.3, 0.4) is 0 Å². The van der Waals surface area contributed by atoms with Crippen LogP contribution in [0.5, 0.6) is 0 Å². The number of nitrogens with zero attached hydrogens (tertiary/aromatic N) is 2. The van der Waals surface area contributed by atoms with Gasteiger partial charge in [0, 0.05) is 26.2 Å². The van der Waals surface area contributed by atoms with Gasteiger partial charge in [-0.15, -0.1) is 0 Å². The third-order valence-corrected chi connectivity index (χ3v) is 6.09. The average Bonchev–Trinajstić information content (AvgIpc) is 2.78. The van der Waals surface area contributed by atoms with Gasteiger partial charge in [0.25, 0.3) is 0 Å². The molecule has 6 nitrogen and oxygen atoms in total. The molecule has 1 heterocycles. The van der Waals surface area contributed by atoms with E-state index in [0.717, 1.165) is 18.8 Å². The zero-order valence-corrected chi connectivity index (χ0v) is 18.2. The normalized spacial score (nSPS) is 15.7. The predicted octanol–water partition coefficient (Wildman–Crippen LogP) is 2.71. The Morgan fingerprint density at radius 3 is 1.97 bits per heavy atom. The van der Waals surface area contributed by atoms with Crippen molar-refractivity contribution in [3.8, 4) is 0 Å². The number of rotatable bonds is 8. The molecule has 2 aromatic rings. The highest BCUT2D eigenvalue weighted by molar-refractivity contribution is 7.98. The summed E-state index contributed by atoms with van der Waals surface area (Å²) >= 11 is 1.65. The molecule has 0 aliphatic carbocycles. The van der Waals surface area contributed by atoms with Crippen LogP contribution >= 0.6 is 11.8 Å². The lowest BCUT2D eigenvalue weighted by Gasteiger charge is -2.40. The van der Waals surface area contributed by atoms with Crippen LogP contribution in [0, 0.1) is 0 Å². The topological polar surface area (TPSA) is 78.7 Å². The molecule has 7 heteroatoms. The minimum absolute atomic E-state index is 0.0431. The number of urea groups is 1. The fraction of sp³-hybridized carbons (Fsp3) is 0.391. The first-order valence-electron chi connectivity index (χ1n) is 10.3. The highest BCUT2D eigenvalue weighted by Crippen LogP contribution is 2.29. The van der Waals surface area contributed by atoms with Gasteiger partial charge in [-0.1, -0.05) is 60.7 Å². The van der Waals surface area contributed by atoms with Crippen LogP contribution in [0.15, 0.2) is 60.7 Å². The molecule has 30 heavy (non-hydrogen) atoms. The number of nitrogens with two attached hydrogens (primary N) is 1. The van der Waals surface area contributed by atoms with Crippen molar-refractivity contribution in [1.82, 2.24) is 15.1 Å². The highest BCUT2D eigenvalue weighted by Gasteiger charge is 2.31. The molecule has 1 saturated heterocycles. The van der Waals surface area contributed by atoms with E-state index < -0.39 is 12.1 Å². The van der Waals surface area contributed by atoms with E-state index in [1.807, 2.05) is 23.3 Å². The van der Waals surface area contributed by atoms with Gasteiger partial charge >= 0.3 is 6.03 Å². The number of nitrogens with one attached hydrogen (secondary N) is 1. The molecular weight excluding hydrogens is 396 g/mol. The quantitative estimate of drug-likeness (QED) is 0.680. The Morgan fingerprint density at radius 2 is 1.50 bits per heavy atom. The number of hydrogen-bond acceptors (Lipinski definition) is 4. The van der Waals surface area contributed by atoms with Gasteiger partial charge in [0.2, 0.25) is 5.91 Å². The first-order valence-corrected chi connectivity index (χ1v) is 11.7. The SMILES string of the molecule is CSCC[C@H](NC(N)=O)C(=O)N1CCN(C(c2ccccc2)c2ccccc2)CC1. The summed E-state index contributed by atoms with van der Waals surface area (Å²) in [7, 11) is 0. The molecular formula is C23H30N4O2S. The molecule has 1 aliphatic rings. The number of carbonyl (C=O) groups excluding carboxylic acids is 2. The van der Waals surface area contributed by atoms with Crippen LogP contribution in [0.2, 0.25) is 0 Å². The summed E-state index contributed by atoms with van der Waals surface area (Å²) in [6.45, 7) is 2.80. The molecule has 2 aromatic carbocycles. The zero-order chi connectivity index (χ0) is 21.3. The first-order chi connectivity index (χ1) is 14.6. The molecule has 1 fully saturated rings. The summed E-state index contributed by atoms with van der Waals surface area (Å²) in [5.41, 5.74) is 7.78. The Bertz CT molecular complexity index is 771. The Labute approximate surface area is 182 Å². The lowest BCUT2D eigenvalue weighted by Crippen LogP contribution is -2.56. The number of benzene rings is 2. The summed E-state index contributed by atoms with van der Waals surface area (Å²) in [4.78, 5) is 28.6. The molecule has 1 atom stereocenters. The fourth-order valence-corrected chi connectivity index (χ4v) is 4.44. The third kappa shape index (κ3) is 5.77. The van der Waals surface area contributed by atoms with Gasteiger partial charge in [-0.3, -0.25) is 9.69 Å². The zero-order valence-electron chi connectivity index (χ0n) is 17.4. The van der Waals surface area contributed by atoms with E-state index in [2.05, 4.69) is 58.7 Å². The Kier molecular flexibility index (Phi) is 8.16. The number of amides is 3. The maximum absolute atomic E-state index is 13.0. The Hall–Kier alpha value is -2.51. The van der Waals surface area contributed by atoms with Gasteiger partial charge in [-0.25, -0.2) is 4.79 Å². The summed E-state index contributed by atoms with van der Waals surface area (Å²) in [5.74, 6) is 0.749. The van der Waals surface area contributed by atoms with Crippen LogP contribution in [0.4, 0.5) is 4.79 Å². The van der Waals surface area contributed by atoms with Crippen molar-refractivity contribution in [2.45, 2.75) is 18.5 Å². The van der Waals surface area contributed by atoms with Crippen molar-refractivity contribution in [3.63, 3.8) is 0 Å². The molecule has 3 N–H and O–H groups in total. The van der Waals surface area contributed by atoms with Crippen molar-refractivity contribution < 1.29 is 9.59 Å². The molecule has 3 amide bonds. The molecule has 0 radical (unpaired) electrons. The van der Waals surface area contributed by atoms with E-state index in [9.17, 15) is 9.59 Å². The van der Waals surface area contributed by atoms with Crippen molar-refractivity contribution in [1.29, 1.82) is 0 Å². The van der Waals surface area contributed by atoms with E-state index in [4.69, 9.17) is 5.73 Å². The van der Waals surface area contributed by atoms with Gasteiger partial charge in [-0.2, -0.15) is 11.8 Å². The number of piperazine rings is 1. The Morgan fingerprint density at radius 1 is 0.967 bits per heavy atom. The second-order valence-corrected chi connectivity index (χ2v) is 8.41. The van der Waals surface area contributed by atoms with Gasteiger partial charge in [0.1, 0.15) is 6.04 Å². The second-order valence-electron chi connectivity index (χ2n) is 7.43. The Balaban J connectivity index is 1.70. The maximum Gasteiger partial charge on any atom is 0.312 e. The minimum Gasteiger partial charge on any atom is -0.352 e. The predicted molar refractivity (Wildman–Crippen MR) is 122 cm³/mol. The number of thioether (sulfide) groups is 1. The van der Waals surface area contributed by atoms with E-state index in [1.165, 1.54) is 11.1 Å². The summed E-state index contributed by atoms with van der Waals surface area (Å²) in [5, 5.41) is 2.62. The third-order valence-electron chi connectivity index (χ3n) is 5.45. The van der Waals surface area contributed by atoms with Crippen LogP contribution < -0.4 is 11.1 Å². The summed E-state index contributed by atoms with van der Waals surface area (Å²) in [6.07, 6.45) is 2.57. The highest BCUT2D eigenvalue weighted by atomic mass is 32.2. The fourth-order valence-electron chi connectivity index (χ4n) is 3.97. The summed E-state index contributed by atoms with van der Waals surface area (Å²) < 4.78 is 0. The van der Waals surface area contributed by atoms with E-state index in [1.54, 1.807) is 11.8 Å². The van der Waals surface area contributed by atoms with Gasteiger partial charge in [0.05, 0.1) is 6.04 Å². The summed E-state index contributed by atoms with van der Waals surface area (Å²) in [6, 6.07) is 19.9. The van der Waals surface area contributed by atoms with E-state index in [-0.39, 0.29) is 11.9 Å². The lowest BCUT2D eigenvalue weighted by molar-refractivity contribution is -0.135. The van der Waals surface area contributed by atoms with E-state index in [0.29, 0.717) is 19.5 Å².